The van der Waals surface area contributed by atoms with E-state index in [4.69, 9.17) is 33.2 Å². The van der Waals surface area contributed by atoms with Gasteiger partial charge in [0.15, 0.2) is 12.4 Å². The van der Waals surface area contributed by atoms with Crippen LogP contribution in [-0.2, 0) is 54.1 Å². The molecule has 1 aromatic rings. The molecule has 0 aliphatic carbocycles. The average Bonchev–Trinajstić information content (AvgIpc) is 2.92. The van der Waals surface area contributed by atoms with Crippen molar-refractivity contribution in [3.05, 3.63) is 46.3 Å². The van der Waals surface area contributed by atoms with E-state index in [0.717, 1.165) is 5.56 Å². The summed E-state index contributed by atoms with van der Waals surface area (Å²) in [4.78, 5) is 38.6. The number of benzene rings is 1. The number of carbonyl (C=O) groups excluding carboxylic acids is 3. The van der Waals surface area contributed by atoms with Crippen molar-refractivity contribution in [1.29, 1.82) is 0 Å². The van der Waals surface area contributed by atoms with Crippen molar-refractivity contribution >= 4 is 17.9 Å². The zero-order valence-electron chi connectivity index (χ0n) is 22.9. The first-order valence-corrected chi connectivity index (χ1v) is 12.8. The van der Waals surface area contributed by atoms with E-state index < -0.39 is 78.9 Å². The maximum Gasteiger partial charge on any atom is 0.337 e. The summed E-state index contributed by atoms with van der Waals surface area (Å²) in [5.74, 6) is -3.38. The molecular formula is C26H35N3O11. The number of nitrogens with zero attached hydrogens (tertiary/aromatic N) is 3. The Bertz CT molecular complexity index is 1070. The number of hydrogen-bond donors (Lipinski definition) is 1. The van der Waals surface area contributed by atoms with Crippen LogP contribution < -0.4 is 0 Å². The Labute approximate surface area is 231 Å². The SMILES string of the molecule is COC(=O)C1O[C@@H](O[C@@H]2C(COC(C)=O)OC(OC(C)=O)C(N=[N+]=[N-])[C@H]2C)C(OCc2ccccc2)[C@@H](C)[C@@H]1O. The van der Waals surface area contributed by atoms with Crippen molar-refractivity contribution in [1.82, 2.24) is 0 Å². The smallest absolute Gasteiger partial charge is 0.337 e. The lowest BCUT2D eigenvalue weighted by Gasteiger charge is -2.47. The third-order valence-electron chi connectivity index (χ3n) is 6.86. The molecule has 0 spiro atoms. The number of carbonyl (C=O) groups is 3. The number of hydrogen-bond acceptors (Lipinski definition) is 12. The van der Waals surface area contributed by atoms with Gasteiger partial charge < -0.3 is 38.3 Å². The van der Waals surface area contributed by atoms with Gasteiger partial charge in [-0.1, -0.05) is 49.3 Å². The topological polar surface area (TPSA) is 185 Å². The van der Waals surface area contributed by atoms with Crippen LogP contribution in [0.5, 0.6) is 0 Å². The number of aliphatic hydroxyl groups is 1. The van der Waals surface area contributed by atoms with E-state index in [1.54, 1.807) is 13.8 Å². The standard InChI is InChI=1S/C26H35N3O11/c1-13-19(28-29-27)25(37-16(4)31)38-18(12-35-15(3)30)21(13)39-26-22(36-11-17-9-7-6-8-10-17)14(2)20(32)23(40-26)24(33)34-5/h6-10,13-14,18-23,25-26,32H,11-12H2,1-5H3/t13-,14+,18?,19?,20+,21+,22?,23?,25?,26-/m1/s1. The molecule has 0 saturated carbocycles. The van der Waals surface area contributed by atoms with Crippen LogP contribution in [0.2, 0.25) is 0 Å². The van der Waals surface area contributed by atoms with Crippen LogP contribution in [0.15, 0.2) is 35.4 Å². The quantitative estimate of drug-likeness (QED) is 0.144. The van der Waals surface area contributed by atoms with Crippen molar-refractivity contribution in [2.24, 2.45) is 17.0 Å². The van der Waals surface area contributed by atoms with Crippen molar-refractivity contribution in [2.45, 2.75) is 83.4 Å². The van der Waals surface area contributed by atoms with E-state index in [0.29, 0.717) is 0 Å². The van der Waals surface area contributed by atoms with E-state index in [1.165, 1.54) is 21.0 Å². The number of azide groups is 1. The Balaban J connectivity index is 1.94. The highest BCUT2D eigenvalue weighted by Gasteiger charge is 2.52. The monoisotopic (exact) mass is 565 g/mol. The van der Waals surface area contributed by atoms with E-state index in [1.807, 2.05) is 30.3 Å². The summed E-state index contributed by atoms with van der Waals surface area (Å²) in [6.07, 6.45) is -7.99. The molecule has 1 N–H and O–H groups in total. The summed E-state index contributed by atoms with van der Waals surface area (Å²) in [6.45, 7) is 5.63. The molecule has 0 amide bonds. The molecule has 40 heavy (non-hydrogen) atoms. The predicted molar refractivity (Wildman–Crippen MR) is 135 cm³/mol. The molecule has 220 valence electrons. The molecule has 1 aromatic carbocycles. The largest absolute Gasteiger partial charge is 0.467 e. The normalized spacial score (nSPS) is 33.8. The highest BCUT2D eigenvalue weighted by Crippen LogP contribution is 2.36. The molecule has 0 radical (unpaired) electrons. The van der Waals surface area contributed by atoms with Gasteiger partial charge in [-0.25, -0.2) is 4.79 Å². The lowest BCUT2D eigenvalue weighted by Crippen LogP contribution is -2.62. The molecule has 0 bridgehead atoms. The van der Waals surface area contributed by atoms with Crippen molar-refractivity contribution in [3.8, 4) is 0 Å². The van der Waals surface area contributed by atoms with Gasteiger partial charge in [-0.05, 0) is 17.0 Å². The Hall–Kier alpha value is -3.26. The lowest BCUT2D eigenvalue weighted by molar-refractivity contribution is -0.334. The molecule has 10 atom stereocenters. The Morgan fingerprint density at radius 2 is 1.73 bits per heavy atom. The third-order valence-corrected chi connectivity index (χ3v) is 6.86. The molecule has 0 aromatic heterocycles. The molecule has 2 aliphatic rings. The average molecular weight is 566 g/mol. The summed E-state index contributed by atoms with van der Waals surface area (Å²) in [7, 11) is 1.17. The minimum atomic E-state index is -1.38. The zero-order chi connectivity index (χ0) is 29.4. The molecule has 3 rings (SSSR count). The van der Waals surface area contributed by atoms with Crippen molar-refractivity contribution in [3.63, 3.8) is 0 Å². The number of ether oxygens (including phenoxy) is 7. The van der Waals surface area contributed by atoms with Gasteiger partial charge in [0, 0.05) is 24.7 Å². The molecule has 5 unspecified atom stereocenters. The molecule has 14 heteroatoms. The fourth-order valence-electron chi connectivity index (χ4n) is 4.73. The molecule has 2 heterocycles. The molecule has 14 nitrogen and oxygen atoms in total. The van der Waals surface area contributed by atoms with Crippen molar-refractivity contribution in [2.75, 3.05) is 13.7 Å². The predicted octanol–water partition coefficient (Wildman–Crippen LogP) is 2.02. The van der Waals surface area contributed by atoms with Gasteiger partial charge in [0.2, 0.25) is 6.29 Å². The summed E-state index contributed by atoms with van der Waals surface area (Å²) in [6, 6.07) is 8.29. The Morgan fingerprint density at radius 3 is 2.33 bits per heavy atom. The van der Waals surface area contributed by atoms with Gasteiger partial charge in [-0.2, -0.15) is 0 Å². The summed E-state index contributed by atoms with van der Waals surface area (Å²) < 4.78 is 39.5. The highest BCUT2D eigenvalue weighted by atomic mass is 16.7. The van der Waals surface area contributed by atoms with Crippen LogP contribution in [0, 0.1) is 11.8 Å². The van der Waals surface area contributed by atoms with Gasteiger partial charge in [0.25, 0.3) is 0 Å². The van der Waals surface area contributed by atoms with Crippen LogP contribution in [0.25, 0.3) is 10.4 Å². The Morgan fingerprint density at radius 1 is 1.02 bits per heavy atom. The first-order valence-electron chi connectivity index (χ1n) is 12.8. The van der Waals surface area contributed by atoms with Crippen LogP contribution in [0.4, 0.5) is 0 Å². The summed E-state index contributed by atoms with van der Waals surface area (Å²) >= 11 is 0. The molecule has 2 saturated heterocycles. The highest BCUT2D eigenvalue weighted by molar-refractivity contribution is 5.75. The van der Waals surface area contributed by atoms with E-state index in [-0.39, 0.29) is 13.2 Å². The number of methoxy groups -OCH3 is 1. The fourth-order valence-corrected chi connectivity index (χ4v) is 4.73. The van der Waals surface area contributed by atoms with Crippen molar-refractivity contribution < 1.29 is 52.6 Å². The Kier molecular flexibility index (Phi) is 11.3. The van der Waals surface area contributed by atoms with Gasteiger partial charge in [-0.15, -0.1) is 0 Å². The van der Waals surface area contributed by atoms with Gasteiger partial charge >= 0.3 is 17.9 Å². The lowest BCUT2D eigenvalue weighted by atomic mass is 9.87. The van der Waals surface area contributed by atoms with Crippen LogP contribution in [0.3, 0.4) is 0 Å². The minimum absolute atomic E-state index is 0.151. The van der Waals surface area contributed by atoms with Crippen LogP contribution in [0.1, 0.15) is 33.3 Å². The number of rotatable bonds is 10. The van der Waals surface area contributed by atoms with E-state index in [9.17, 15) is 25.0 Å². The van der Waals surface area contributed by atoms with Crippen LogP contribution in [-0.4, -0.2) is 85.9 Å². The summed E-state index contributed by atoms with van der Waals surface area (Å²) in [5, 5.41) is 14.6. The second kappa shape index (κ2) is 14.4. The maximum absolute atomic E-state index is 12.4. The van der Waals surface area contributed by atoms with Gasteiger partial charge in [0.05, 0.1) is 25.9 Å². The van der Waals surface area contributed by atoms with Gasteiger partial charge in [-0.3, -0.25) is 9.59 Å². The van der Waals surface area contributed by atoms with Gasteiger partial charge in [0.1, 0.15) is 24.9 Å². The second-order valence-electron chi connectivity index (χ2n) is 9.67. The molecular weight excluding hydrogens is 530 g/mol. The fraction of sp³-hybridized carbons (Fsp3) is 0.654. The first kappa shape index (κ1) is 31.3. The van der Waals surface area contributed by atoms with E-state index in [2.05, 4.69) is 10.0 Å². The maximum atomic E-state index is 12.4. The van der Waals surface area contributed by atoms with Crippen LogP contribution >= 0.6 is 0 Å². The second-order valence-corrected chi connectivity index (χ2v) is 9.67. The minimum Gasteiger partial charge on any atom is -0.467 e. The molecule has 2 aliphatic heterocycles. The zero-order valence-corrected chi connectivity index (χ0v) is 22.9. The number of aliphatic hydroxyl groups excluding tert-OH is 1. The number of esters is 3. The first-order chi connectivity index (χ1) is 19.1. The van der Waals surface area contributed by atoms with E-state index >= 15 is 0 Å². The molecule has 2 fully saturated rings. The summed E-state index contributed by atoms with van der Waals surface area (Å²) in [5.41, 5.74) is 10.0. The third kappa shape index (κ3) is 7.68.